The van der Waals surface area contributed by atoms with Gasteiger partial charge in [0.05, 0.1) is 25.4 Å². The molecule has 9 nitrogen and oxygen atoms in total. The number of aliphatic hydroxyl groups is 5. The number of nitrogens with one attached hydrogen (secondary N) is 1. The quantitative estimate of drug-likeness (QED) is 0.0305. The minimum Gasteiger partial charge on any atom is -0.394 e. The minimum absolute atomic E-state index is 0.201. The molecule has 1 amide bonds. The Bertz CT molecular complexity index is 994. The van der Waals surface area contributed by atoms with Gasteiger partial charge in [0.25, 0.3) is 0 Å². The predicted octanol–water partition coefficient (Wildman–Crippen LogP) is 7.66. The molecule has 1 saturated heterocycles. The highest BCUT2D eigenvalue weighted by molar-refractivity contribution is 5.76. The van der Waals surface area contributed by atoms with Crippen LogP contribution in [0.5, 0.6) is 0 Å². The number of hydrogen-bond acceptors (Lipinski definition) is 8. The largest absolute Gasteiger partial charge is 0.394 e. The molecule has 1 heterocycles. The van der Waals surface area contributed by atoms with Gasteiger partial charge in [0.1, 0.15) is 24.4 Å². The van der Waals surface area contributed by atoms with Crippen LogP contribution in [0, 0.1) is 0 Å². The van der Waals surface area contributed by atoms with Crippen molar-refractivity contribution in [3.63, 3.8) is 0 Å². The smallest absolute Gasteiger partial charge is 0.220 e. The van der Waals surface area contributed by atoms with Crippen LogP contribution in [-0.4, -0.2) is 87.5 Å². The molecule has 0 radical (unpaired) electrons. The summed E-state index contributed by atoms with van der Waals surface area (Å²) in [5.74, 6) is -0.205. The summed E-state index contributed by atoms with van der Waals surface area (Å²) < 4.78 is 11.2. The maximum atomic E-state index is 12.9. The molecule has 0 aromatic heterocycles. The molecule has 1 aliphatic heterocycles. The first-order valence-electron chi connectivity index (χ1n) is 20.5. The normalized spacial score (nSPS) is 22.5. The third-order valence-corrected chi connectivity index (χ3v) is 9.35. The summed E-state index contributed by atoms with van der Waals surface area (Å²) in [6.45, 7) is 3.60. The Hall–Kier alpha value is -2.11. The lowest BCUT2D eigenvalue weighted by atomic mass is 9.99. The molecule has 1 fully saturated rings. The van der Waals surface area contributed by atoms with Crippen molar-refractivity contribution in [3.8, 4) is 0 Å². The van der Waals surface area contributed by atoms with Crippen molar-refractivity contribution < 1.29 is 39.8 Å². The van der Waals surface area contributed by atoms with Crippen LogP contribution in [-0.2, 0) is 14.3 Å². The Morgan fingerprint density at radius 1 is 0.673 bits per heavy atom. The molecule has 0 spiro atoms. The lowest BCUT2D eigenvalue weighted by molar-refractivity contribution is -0.302. The average molecular weight is 734 g/mol. The Labute approximate surface area is 316 Å². The van der Waals surface area contributed by atoms with E-state index in [1.54, 1.807) is 6.08 Å². The highest BCUT2D eigenvalue weighted by Crippen LogP contribution is 2.22. The zero-order chi connectivity index (χ0) is 38.1. The van der Waals surface area contributed by atoms with Crippen molar-refractivity contribution >= 4 is 5.91 Å². The van der Waals surface area contributed by atoms with Gasteiger partial charge in [-0.15, -0.1) is 0 Å². The number of aliphatic hydroxyl groups excluding tert-OH is 5. The second kappa shape index (κ2) is 33.5. The molecule has 0 aromatic carbocycles. The predicted molar refractivity (Wildman–Crippen MR) is 212 cm³/mol. The monoisotopic (exact) mass is 734 g/mol. The van der Waals surface area contributed by atoms with Gasteiger partial charge in [0.2, 0.25) is 5.91 Å². The SMILES string of the molecule is CC/C=C\C/C=C\C/C=C\C/C=C\CCCCCCC(=O)NC(COC1OC(CO)C(O)C(O)C1O)C(O)/C=C/CCCCCCCCCCCC. The average Bonchev–Trinajstić information content (AvgIpc) is 3.14. The van der Waals surface area contributed by atoms with E-state index < -0.39 is 49.5 Å². The van der Waals surface area contributed by atoms with Gasteiger partial charge in [-0.3, -0.25) is 4.79 Å². The topological polar surface area (TPSA) is 149 Å². The van der Waals surface area contributed by atoms with Crippen LogP contribution in [0.4, 0.5) is 0 Å². The number of rotatable bonds is 32. The maximum Gasteiger partial charge on any atom is 0.220 e. The van der Waals surface area contributed by atoms with Gasteiger partial charge in [-0.2, -0.15) is 0 Å². The number of amides is 1. The molecule has 7 unspecified atom stereocenters. The van der Waals surface area contributed by atoms with Crippen LogP contribution < -0.4 is 5.32 Å². The van der Waals surface area contributed by atoms with Crippen molar-refractivity contribution in [2.75, 3.05) is 13.2 Å². The molecular formula is C43H75NO8. The minimum atomic E-state index is -1.57. The van der Waals surface area contributed by atoms with Gasteiger partial charge in [0, 0.05) is 6.42 Å². The van der Waals surface area contributed by atoms with E-state index in [1.165, 1.54) is 51.4 Å². The van der Waals surface area contributed by atoms with Crippen LogP contribution in [0.3, 0.4) is 0 Å². The number of allylic oxidation sites excluding steroid dienone is 9. The highest BCUT2D eigenvalue weighted by atomic mass is 16.7. The summed E-state index contributed by atoms with van der Waals surface area (Å²) in [5.41, 5.74) is 0. The van der Waals surface area contributed by atoms with Crippen molar-refractivity contribution in [1.82, 2.24) is 5.32 Å². The van der Waals surface area contributed by atoms with Gasteiger partial charge in [0.15, 0.2) is 6.29 Å². The molecule has 0 aliphatic carbocycles. The second-order valence-corrected chi connectivity index (χ2v) is 14.0. The standard InChI is InChI=1S/C43H75NO8/c1-3-5-7-9-11-13-15-17-18-19-20-21-23-25-27-29-31-33-39(47)44-36(35-51-43-42(50)41(49)40(48)38(34-45)52-43)37(46)32-30-28-26-24-22-16-14-12-10-8-6-4-2/h5,7,11,13,17-18,20-21,30,32,36-38,40-43,45-46,48-50H,3-4,6,8-10,12,14-16,19,22-29,31,33-35H2,1-2H3,(H,44,47)/b7-5-,13-11-,18-17-,21-20-,32-30+. The molecule has 7 atom stereocenters. The molecule has 6 N–H and O–H groups in total. The molecule has 9 heteroatoms. The van der Waals surface area contributed by atoms with Gasteiger partial charge in [-0.1, -0.05) is 145 Å². The number of carbonyl (C=O) groups is 1. The summed E-state index contributed by atoms with van der Waals surface area (Å²) in [6, 6.07) is -0.818. The van der Waals surface area contributed by atoms with Crippen LogP contribution in [0.2, 0.25) is 0 Å². The second-order valence-electron chi connectivity index (χ2n) is 14.0. The summed E-state index contributed by atoms with van der Waals surface area (Å²) in [7, 11) is 0. The lowest BCUT2D eigenvalue weighted by Crippen LogP contribution is -2.60. The molecule has 0 saturated carbocycles. The van der Waals surface area contributed by atoms with Crippen LogP contribution >= 0.6 is 0 Å². The van der Waals surface area contributed by atoms with Gasteiger partial charge in [-0.05, 0) is 57.8 Å². The summed E-state index contributed by atoms with van der Waals surface area (Å²) in [6.07, 6.45) is 35.4. The van der Waals surface area contributed by atoms with Crippen LogP contribution in [0.25, 0.3) is 0 Å². The lowest BCUT2D eigenvalue weighted by Gasteiger charge is -2.40. The first-order valence-corrected chi connectivity index (χ1v) is 20.5. The van der Waals surface area contributed by atoms with E-state index in [-0.39, 0.29) is 12.5 Å². The number of carbonyl (C=O) groups excluding carboxylic acids is 1. The van der Waals surface area contributed by atoms with E-state index in [0.29, 0.717) is 6.42 Å². The first-order chi connectivity index (χ1) is 25.3. The Balaban J connectivity index is 2.44. The van der Waals surface area contributed by atoms with Gasteiger partial charge < -0.3 is 40.3 Å². The van der Waals surface area contributed by atoms with Crippen molar-refractivity contribution in [2.45, 2.75) is 192 Å². The molecule has 0 aromatic rings. The van der Waals surface area contributed by atoms with E-state index in [9.17, 15) is 30.3 Å². The fourth-order valence-electron chi connectivity index (χ4n) is 6.03. The van der Waals surface area contributed by atoms with Gasteiger partial charge >= 0.3 is 0 Å². The summed E-state index contributed by atoms with van der Waals surface area (Å²) >= 11 is 0. The molecule has 300 valence electrons. The molecule has 1 rings (SSSR count). The Morgan fingerprint density at radius 2 is 1.19 bits per heavy atom. The number of ether oxygens (including phenoxy) is 2. The first kappa shape index (κ1) is 47.9. The number of unbranched alkanes of at least 4 members (excludes halogenated alkanes) is 14. The van der Waals surface area contributed by atoms with E-state index in [2.05, 4.69) is 67.8 Å². The Morgan fingerprint density at radius 3 is 1.77 bits per heavy atom. The van der Waals surface area contributed by atoms with E-state index in [0.717, 1.165) is 77.0 Å². The fraction of sp³-hybridized carbons (Fsp3) is 0.744. The van der Waals surface area contributed by atoms with Crippen molar-refractivity contribution in [2.24, 2.45) is 0 Å². The van der Waals surface area contributed by atoms with Crippen molar-refractivity contribution in [3.05, 3.63) is 60.8 Å². The number of hydrogen-bond donors (Lipinski definition) is 6. The van der Waals surface area contributed by atoms with Crippen LogP contribution in [0.1, 0.15) is 149 Å². The molecule has 1 aliphatic rings. The van der Waals surface area contributed by atoms with E-state index >= 15 is 0 Å². The molecular weight excluding hydrogens is 658 g/mol. The third-order valence-electron chi connectivity index (χ3n) is 9.35. The maximum absolute atomic E-state index is 12.9. The molecule has 0 bridgehead atoms. The van der Waals surface area contributed by atoms with E-state index in [4.69, 9.17) is 9.47 Å². The highest BCUT2D eigenvalue weighted by Gasteiger charge is 2.44. The van der Waals surface area contributed by atoms with Gasteiger partial charge in [-0.25, -0.2) is 0 Å². The summed E-state index contributed by atoms with van der Waals surface area (Å²) in [4.78, 5) is 12.9. The Kier molecular flexibility index (Phi) is 30.8. The van der Waals surface area contributed by atoms with Crippen molar-refractivity contribution in [1.29, 1.82) is 0 Å². The van der Waals surface area contributed by atoms with Crippen LogP contribution in [0.15, 0.2) is 60.8 Å². The van der Waals surface area contributed by atoms with E-state index in [1.807, 2.05) is 6.08 Å². The fourth-order valence-corrected chi connectivity index (χ4v) is 6.03. The molecule has 52 heavy (non-hydrogen) atoms. The summed E-state index contributed by atoms with van der Waals surface area (Å²) in [5, 5.41) is 54.0. The zero-order valence-electron chi connectivity index (χ0n) is 32.5. The third kappa shape index (κ3) is 24.3. The zero-order valence-corrected chi connectivity index (χ0v) is 32.5.